The smallest absolute Gasteiger partial charge is 0.410 e. The van der Waals surface area contributed by atoms with Gasteiger partial charge in [0.2, 0.25) is 0 Å². The second kappa shape index (κ2) is 6.78. The summed E-state index contributed by atoms with van der Waals surface area (Å²) in [6, 6.07) is 7.33. The van der Waals surface area contributed by atoms with Crippen LogP contribution in [-0.2, 0) is 11.3 Å². The van der Waals surface area contributed by atoms with Gasteiger partial charge in [0.25, 0.3) is 0 Å². The van der Waals surface area contributed by atoms with Crippen molar-refractivity contribution >= 4 is 17.7 Å². The first-order valence-corrected chi connectivity index (χ1v) is 6.74. The predicted molar refractivity (Wildman–Crippen MR) is 75.0 cm³/mol. The van der Waals surface area contributed by atoms with Gasteiger partial charge in [0.1, 0.15) is 6.61 Å². The molecule has 1 radical (unpaired) electrons. The third-order valence-electron chi connectivity index (χ3n) is 3.20. The Kier molecular flexibility index (Phi) is 5.05. The van der Waals surface area contributed by atoms with E-state index in [-0.39, 0.29) is 12.7 Å². The molecule has 0 spiro atoms. The van der Waals surface area contributed by atoms with E-state index >= 15 is 0 Å². The maximum atomic E-state index is 11.9. The molecule has 0 aromatic heterocycles. The minimum atomic E-state index is -0.260. The third kappa shape index (κ3) is 4.11. The first kappa shape index (κ1) is 14.2. The van der Waals surface area contributed by atoms with E-state index in [2.05, 4.69) is 11.8 Å². The molecule has 0 N–H and O–H groups in total. The van der Waals surface area contributed by atoms with Gasteiger partial charge in [-0.2, -0.15) is 0 Å². The monoisotopic (exact) mass is 281 g/mol. The Morgan fingerprint density at radius 3 is 2.68 bits per heavy atom. The highest BCUT2D eigenvalue weighted by atomic mass is 35.5. The molecule has 1 aliphatic heterocycles. The molecule has 19 heavy (non-hydrogen) atoms. The summed E-state index contributed by atoms with van der Waals surface area (Å²) in [4.78, 5) is 15.8. The minimum Gasteiger partial charge on any atom is -0.445 e. The molecular formula is C14H18ClN2O2. The lowest BCUT2D eigenvalue weighted by Crippen LogP contribution is -2.48. The quantitative estimate of drug-likeness (QED) is 0.853. The van der Waals surface area contributed by atoms with E-state index in [0.29, 0.717) is 18.1 Å². The van der Waals surface area contributed by atoms with Crippen molar-refractivity contribution < 1.29 is 9.53 Å². The Labute approximate surface area is 118 Å². The fourth-order valence-corrected chi connectivity index (χ4v) is 2.23. The topological polar surface area (TPSA) is 32.8 Å². The maximum Gasteiger partial charge on any atom is 0.410 e. The Morgan fingerprint density at radius 1 is 1.32 bits per heavy atom. The molecule has 1 aromatic carbocycles. The average molecular weight is 282 g/mol. The Bertz CT molecular complexity index is 431. The van der Waals surface area contributed by atoms with Crippen LogP contribution in [0.2, 0.25) is 5.02 Å². The lowest BCUT2D eigenvalue weighted by atomic mass is 10.2. The zero-order chi connectivity index (χ0) is 13.7. The van der Waals surface area contributed by atoms with Crippen molar-refractivity contribution in [2.75, 3.05) is 32.7 Å². The van der Waals surface area contributed by atoms with Crippen molar-refractivity contribution in [2.24, 2.45) is 0 Å². The number of ether oxygens (including phenoxy) is 1. The highest BCUT2D eigenvalue weighted by Crippen LogP contribution is 2.12. The Morgan fingerprint density at radius 2 is 2.05 bits per heavy atom. The number of carbonyl (C=O) groups excluding carboxylic acids is 1. The van der Waals surface area contributed by atoms with Crippen LogP contribution in [0, 0.1) is 6.92 Å². The summed E-state index contributed by atoms with van der Waals surface area (Å²) >= 11 is 5.88. The lowest BCUT2D eigenvalue weighted by Gasteiger charge is -2.33. The van der Waals surface area contributed by atoms with Gasteiger partial charge in [-0.1, -0.05) is 23.7 Å². The largest absolute Gasteiger partial charge is 0.445 e. The number of amides is 1. The first-order chi connectivity index (χ1) is 9.19. The molecule has 1 saturated heterocycles. The SMILES string of the molecule is [CH2]CN1CCN(C(=O)OCc2cccc(Cl)c2)CC1. The molecule has 5 heteroatoms. The van der Waals surface area contributed by atoms with Gasteiger partial charge in [-0.15, -0.1) is 0 Å². The summed E-state index contributed by atoms with van der Waals surface area (Å²) < 4.78 is 5.29. The van der Waals surface area contributed by atoms with E-state index in [1.165, 1.54) is 0 Å². The van der Waals surface area contributed by atoms with Gasteiger partial charge in [-0.3, -0.25) is 4.90 Å². The fourth-order valence-electron chi connectivity index (χ4n) is 2.02. The van der Waals surface area contributed by atoms with Crippen LogP contribution in [0.4, 0.5) is 4.79 Å². The fraction of sp³-hybridized carbons (Fsp3) is 0.429. The molecule has 4 nitrogen and oxygen atoms in total. The summed E-state index contributed by atoms with van der Waals surface area (Å²) in [5.74, 6) is 0. The number of hydrogen-bond donors (Lipinski definition) is 0. The second-order valence-corrected chi connectivity index (χ2v) is 4.95. The summed E-state index contributed by atoms with van der Waals surface area (Å²) in [5, 5.41) is 0.651. The molecule has 0 saturated carbocycles. The Hall–Kier alpha value is -1.26. The summed E-state index contributed by atoms with van der Waals surface area (Å²) in [6.07, 6.45) is -0.260. The van der Waals surface area contributed by atoms with Gasteiger partial charge < -0.3 is 9.64 Å². The van der Waals surface area contributed by atoms with E-state index in [0.717, 1.165) is 25.2 Å². The van der Waals surface area contributed by atoms with Crippen molar-refractivity contribution in [3.63, 3.8) is 0 Å². The standard InChI is InChI=1S/C14H18ClN2O2/c1-2-16-6-8-17(9-7-16)14(18)19-11-12-4-3-5-13(15)10-12/h3-5,10H,1-2,6-9,11H2. The third-order valence-corrected chi connectivity index (χ3v) is 3.43. The number of hydrogen-bond acceptors (Lipinski definition) is 3. The van der Waals surface area contributed by atoms with E-state index in [9.17, 15) is 4.79 Å². The molecule has 0 aliphatic carbocycles. The van der Waals surface area contributed by atoms with Crippen molar-refractivity contribution in [1.82, 2.24) is 9.80 Å². The van der Waals surface area contributed by atoms with Crippen LogP contribution < -0.4 is 0 Å². The first-order valence-electron chi connectivity index (χ1n) is 6.37. The van der Waals surface area contributed by atoms with Gasteiger partial charge in [0.05, 0.1) is 0 Å². The molecule has 0 unspecified atom stereocenters. The number of halogens is 1. The van der Waals surface area contributed by atoms with E-state index in [4.69, 9.17) is 16.3 Å². The maximum absolute atomic E-state index is 11.9. The molecule has 0 atom stereocenters. The molecule has 2 rings (SSSR count). The van der Waals surface area contributed by atoms with Crippen LogP contribution in [-0.4, -0.2) is 48.6 Å². The number of carbonyl (C=O) groups is 1. The highest BCUT2D eigenvalue weighted by molar-refractivity contribution is 6.30. The van der Waals surface area contributed by atoms with Gasteiger partial charge in [0.15, 0.2) is 0 Å². The van der Waals surface area contributed by atoms with Gasteiger partial charge in [-0.25, -0.2) is 4.79 Å². The second-order valence-electron chi connectivity index (χ2n) is 4.51. The average Bonchev–Trinajstić information content (AvgIpc) is 2.45. The van der Waals surface area contributed by atoms with Crippen LogP contribution in [0.3, 0.4) is 0 Å². The summed E-state index contributed by atoms with van der Waals surface area (Å²) in [6.45, 7) is 7.99. The van der Waals surface area contributed by atoms with E-state index in [1.54, 1.807) is 17.0 Å². The molecule has 1 heterocycles. The van der Waals surface area contributed by atoms with Crippen molar-refractivity contribution in [2.45, 2.75) is 6.61 Å². The summed E-state index contributed by atoms with van der Waals surface area (Å²) in [7, 11) is 0. The predicted octanol–water partition coefficient (Wildman–Crippen LogP) is 2.43. The molecule has 103 valence electrons. The number of nitrogens with zero attached hydrogens (tertiary/aromatic N) is 2. The van der Waals surface area contributed by atoms with Crippen molar-refractivity contribution in [3.05, 3.63) is 41.8 Å². The van der Waals surface area contributed by atoms with E-state index in [1.807, 2.05) is 12.1 Å². The summed E-state index contributed by atoms with van der Waals surface area (Å²) in [5.41, 5.74) is 0.900. The Balaban J connectivity index is 1.79. The van der Waals surface area contributed by atoms with Crippen LogP contribution >= 0.6 is 11.6 Å². The molecule has 1 aliphatic rings. The molecule has 1 fully saturated rings. The number of benzene rings is 1. The van der Waals surface area contributed by atoms with Crippen LogP contribution in [0.1, 0.15) is 5.56 Å². The number of rotatable bonds is 3. The highest BCUT2D eigenvalue weighted by Gasteiger charge is 2.21. The van der Waals surface area contributed by atoms with Gasteiger partial charge in [-0.05, 0) is 31.2 Å². The zero-order valence-electron chi connectivity index (χ0n) is 10.8. The molecule has 1 amide bonds. The number of piperazine rings is 1. The minimum absolute atomic E-state index is 0.259. The van der Waals surface area contributed by atoms with Crippen LogP contribution in [0.15, 0.2) is 24.3 Å². The normalized spacial score (nSPS) is 16.4. The van der Waals surface area contributed by atoms with Gasteiger partial charge in [0, 0.05) is 31.2 Å². The molecular weight excluding hydrogens is 264 g/mol. The van der Waals surface area contributed by atoms with Crippen LogP contribution in [0.25, 0.3) is 0 Å². The molecule has 0 bridgehead atoms. The van der Waals surface area contributed by atoms with Crippen molar-refractivity contribution in [1.29, 1.82) is 0 Å². The van der Waals surface area contributed by atoms with Crippen LogP contribution in [0.5, 0.6) is 0 Å². The van der Waals surface area contributed by atoms with Crippen molar-refractivity contribution in [3.8, 4) is 0 Å². The van der Waals surface area contributed by atoms with Gasteiger partial charge >= 0.3 is 6.09 Å². The molecule has 1 aromatic rings. The van der Waals surface area contributed by atoms with E-state index < -0.39 is 0 Å². The zero-order valence-corrected chi connectivity index (χ0v) is 11.6. The lowest BCUT2D eigenvalue weighted by molar-refractivity contribution is 0.0740.